The van der Waals surface area contributed by atoms with E-state index in [9.17, 15) is 0 Å². The molecular weight excluding hydrogens is 234 g/mol. The monoisotopic (exact) mass is 261 g/mol. The van der Waals surface area contributed by atoms with Gasteiger partial charge < -0.3 is 10.1 Å². The maximum atomic E-state index is 5.44. The van der Waals surface area contributed by atoms with Crippen molar-refractivity contribution < 1.29 is 4.74 Å². The highest BCUT2D eigenvalue weighted by Crippen LogP contribution is 2.34. The Hall–Kier alpha value is -1.02. The Labute approximate surface area is 117 Å². The summed E-state index contributed by atoms with van der Waals surface area (Å²) in [6.45, 7) is 7.75. The average Bonchev–Trinajstić information content (AvgIpc) is 2.77. The van der Waals surface area contributed by atoms with Crippen molar-refractivity contribution in [3.8, 4) is 5.75 Å². The third kappa shape index (κ3) is 3.30. The van der Waals surface area contributed by atoms with Crippen molar-refractivity contribution >= 4 is 0 Å². The lowest BCUT2D eigenvalue weighted by molar-refractivity contribution is 0.341. The van der Waals surface area contributed by atoms with Crippen molar-refractivity contribution in [2.45, 2.75) is 52.6 Å². The van der Waals surface area contributed by atoms with Crippen molar-refractivity contribution in [3.63, 3.8) is 0 Å². The number of aryl methyl sites for hydroxylation is 1. The second kappa shape index (κ2) is 6.42. The van der Waals surface area contributed by atoms with E-state index in [1.807, 2.05) is 0 Å². The van der Waals surface area contributed by atoms with Gasteiger partial charge in [-0.1, -0.05) is 38.0 Å². The lowest BCUT2D eigenvalue weighted by Crippen LogP contribution is -2.32. The van der Waals surface area contributed by atoms with Crippen molar-refractivity contribution in [3.05, 3.63) is 29.3 Å². The molecule has 106 valence electrons. The van der Waals surface area contributed by atoms with Crippen LogP contribution in [-0.4, -0.2) is 13.2 Å². The van der Waals surface area contributed by atoms with E-state index >= 15 is 0 Å². The first-order valence-electron chi connectivity index (χ1n) is 7.52. The number of rotatable bonds is 5. The molecule has 1 aromatic rings. The number of benzene rings is 1. The summed E-state index contributed by atoms with van der Waals surface area (Å²) in [5.74, 6) is 2.69. The van der Waals surface area contributed by atoms with E-state index in [0.717, 1.165) is 24.1 Å². The van der Waals surface area contributed by atoms with E-state index in [1.54, 1.807) is 7.11 Å². The van der Waals surface area contributed by atoms with E-state index in [1.165, 1.54) is 30.4 Å². The third-order valence-electron chi connectivity index (χ3n) is 4.74. The normalized spacial score (nSPS) is 26.6. The Morgan fingerprint density at radius 2 is 2.11 bits per heavy atom. The second-order valence-corrected chi connectivity index (χ2v) is 5.91. The van der Waals surface area contributed by atoms with Gasteiger partial charge in [0.15, 0.2) is 0 Å². The zero-order valence-electron chi connectivity index (χ0n) is 12.7. The largest absolute Gasteiger partial charge is 0.496 e. The zero-order valence-corrected chi connectivity index (χ0v) is 12.7. The molecule has 0 spiro atoms. The first-order chi connectivity index (χ1) is 9.15. The summed E-state index contributed by atoms with van der Waals surface area (Å²) >= 11 is 0. The highest BCUT2D eigenvalue weighted by molar-refractivity contribution is 5.36. The molecular formula is C17H27NO. The number of hydrogen-bond acceptors (Lipinski definition) is 2. The van der Waals surface area contributed by atoms with Crippen LogP contribution in [0, 0.1) is 18.8 Å². The Bertz CT molecular complexity index is 416. The standard InChI is InChI=1S/C17H27NO/c1-5-14-7-8-16(13(14)3)18-11-15-10-12(2)6-9-17(15)19-4/h6,9-10,13-14,16,18H,5,7-8,11H2,1-4H3. The fraction of sp³-hybridized carbons (Fsp3) is 0.647. The molecule has 0 amide bonds. The van der Waals surface area contributed by atoms with Crippen LogP contribution >= 0.6 is 0 Å². The Kier molecular flexibility index (Phi) is 4.87. The molecule has 0 saturated heterocycles. The SMILES string of the molecule is CCC1CCC(NCc2cc(C)ccc2OC)C1C. The molecule has 1 fully saturated rings. The molecule has 1 aromatic carbocycles. The molecule has 0 radical (unpaired) electrons. The summed E-state index contributed by atoms with van der Waals surface area (Å²) in [6, 6.07) is 7.06. The van der Waals surface area contributed by atoms with Crippen LogP contribution in [0.25, 0.3) is 0 Å². The van der Waals surface area contributed by atoms with Crippen molar-refractivity contribution in [2.24, 2.45) is 11.8 Å². The quantitative estimate of drug-likeness (QED) is 0.867. The van der Waals surface area contributed by atoms with Crippen molar-refractivity contribution in [1.29, 1.82) is 0 Å². The topological polar surface area (TPSA) is 21.3 Å². The summed E-state index contributed by atoms with van der Waals surface area (Å²) in [5, 5.41) is 3.73. The molecule has 2 nitrogen and oxygen atoms in total. The fourth-order valence-electron chi connectivity index (χ4n) is 3.40. The van der Waals surface area contributed by atoms with Gasteiger partial charge in [-0.25, -0.2) is 0 Å². The van der Waals surface area contributed by atoms with E-state index in [2.05, 4.69) is 44.3 Å². The fourth-order valence-corrected chi connectivity index (χ4v) is 3.40. The summed E-state index contributed by atoms with van der Waals surface area (Å²) in [5.41, 5.74) is 2.57. The van der Waals surface area contributed by atoms with E-state index in [4.69, 9.17) is 4.74 Å². The van der Waals surface area contributed by atoms with Crippen LogP contribution in [0.15, 0.2) is 18.2 Å². The lowest BCUT2D eigenvalue weighted by Gasteiger charge is -2.21. The summed E-state index contributed by atoms with van der Waals surface area (Å²) in [7, 11) is 1.75. The highest BCUT2D eigenvalue weighted by Gasteiger charge is 2.30. The van der Waals surface area contributed by atoms with Crippen LogP contribution in [0.2, 0.25) is 0 Å². The molecule has 1 aliphatic rings. The Balaban J connectivity index is 1.97. The van der Waals surface area contributed by atoms with E-state index < -0.39 is 0 Å². The summed E-state index contributed by atoms with van der Waals surface area (Å²) < 4.78 is 5.44. The van der Waals surface area contributed by atoms with E-state index in [-0.39, 0.29) is 0 Å². The first kappa shape index (κ1) is 14.4. The van der Waals surface area contributed by atoms with Crippen molar-refractivity contribution in [2.75, 3.05) is 7.11 Å². The molecule has 1 saturated carbocycles. The molecule has 2 rings (SSSR count). The molecule has 3 atom stereocenters. The van der Waals surface area contributed by atoms with Gasteiger partial charge in [-0.2, -0.15) is 0 Å². The van der Waals surface area contributed by atoms with E-state index in [0.29, 0.717) is 6.04 Å². The maximum absolute atomic E-state index is 5.44. The maximum Gasteiger partial charge on any atom is 0.123 e. The van der Waals surface area contributed by atoms with Crippen LogP contribution < -0.4 is 10.1 Å². The molecule has 0 heterocycles. The van der Waals surface area contributed by atoms with Gasteiger partial charge >= 0.3 is 0 Å². The van der Waals surface area contributed by atoms with Gasteiger partial charge in [0, 0.05) is 18.2 Å². The molecule has 2 heteroatoms. The van der Waals surface area contributed by atoms with Crippen LogP contribution in [-0.2, 0) is 6.54 Å². The van der Waals surface area contributed by atoms with Gasteiger partial charge in [-0.3, -0.25) is 0 Å². The first-order valence-corrected chi connectivity index (χ1v) is 7.52. The Morgan fingerprint density at radius 1 is 1.32 bits per heavy atom. The molecule has 0 aliphatic heterocycles. The number of ether oxygens (including phenoxy) is 1. The molecule has 0 aromatic heterocycles. The van der Waals surface area contributed by atoms with Gasteiger partial charge in [-0.15, -0.1) is 0 Å². The second-order valence-electron chi connectivity index (χ2n) is 5.91. The zero-order chi connectivity index (χ0) is 13.8. The molecule has 1 aliphatic carbocycles. The average molecular weight is 261 g/mol. The van der Waals surface area contributed by atoms with Gasteiger partial charge in [0.05, 0.1) is 7.11 Å². The summed E-state index contributed by atoms with van der Waals surface area (Å²) in [4.78, 5) is 0. The molecule has 19 heavy (non-hydrogen) atoms. The number of nitrogens with one attached hydrogen (secondary N) is 1. The predicted octanol–water partition coefficient (Wildman–Crippen LogP) is 3.92. The van der Waals surface area contributed by atoms with Gasteiger partial charge in [0.25, 0.3) is 0 Å². The number of hydrogen-bond donors (Lipinski definition) is 1. The van der Waals surface area contributed by atoms with Crippen molar-refractivity contribution in [1.82, 2.24) is 5.32 Å². The lowest BCUT2D eigenvalue weighted by atomic mass is 9.93. The van der Waals surface area contributed by atoms with Crippen LogP contribution in [0.4, 0.5) is 0 Å². The summed E-state index contributed by atoms with van der Waals surface area (Å²) in [6.07, 6.45) is 4.00. The molecule has 3 unspecified atom stereocenters. The third-order valence-corrected chi connectivity index (χ3v) is 4.74. The smallest absolute Gasteiger partial charge is 0.123 e. The van der Waals surface area contributed by atoms with Crippen LogP contribution in [0.5, 0.6) is 5.75 Å². The van der Waals surface area contributed by atoms with Crippen LogP contribution in [0.1, 0.15) is 44.2 Å². The van der Waals surface area contributed by atoms with Crippen LogP contribution in [0.3, 0.4) is 0 Å². The Morgan fingerprint density at radius 3 is 2.74 bits per heavy atom. The molecule has 1 N–H and O–H groups in total. The number of methoxy groups -OCH3 is 1. The molecule has 0 bridgehead atoms. The van der Waals surface area contributed by atoms with Gasteiger partial charge in [-0.05, 0) is 37.7 Å². The minimum Gasteiger partial charge on any atom is -0.496 e. The minimum atomic E-state index is 0.662. The van der Waals surface area contributed by atoms with Gasteiger partial charge in [0.2, 0.25) is 0 Å². The van der Waals surface area contributed by atoms with Gasteiger partial charge in [0.1, 0.15) is 5.75 Å². The highest BCUT2D eigenvalue weighted by atomic mass is 16.5. The predicted molar refractivity (Wildman–Crippen MR) is 80.5 cm³/mol. The minimum absolute atomic E-state index is 0.662.